The van der Waals surface area contributed by atoms with Crippen molar-refractivity contribution in [3.8, 4) is 0 Å². The zero-order valence-corrected chi connectivity index (χ0v) is 67.5. The molecule has 0 aliphatic heterocycles. The number of rotatable bonds is 77. The van der Waals surface area contributed by atoms with Crippen LogP contribution >= 0.6 is 15.6 Å². The second-order valence-electron chi connectivity index (χ2n) is 27.3. The summed E-state index contributed by atoms with van der Waals surface area (Å²) in [6, 6.07) is 0. The summed E-state index contributed by atoms with van der Waals surface area (Å²) in [6.07, 6.45) is 83.4. The van der Waals surface area contributed by atoms with Crippen molar-refractivity contribution in [2.45, 2.75) is 367 Å². The molecular weight excluding hydrogens is 1350 g/mol. The molecule has 5 atom stereocenters. The van der Waals surface area contributed by atoms with Crippen LogP contribution in [0.2, 0.25) is 0 Å². The van der Waals surface area contributed by atoms with Gasteiger partial charge in [-0.05, 0) is 128 Å². The van der Waals surface area contributed by atoms with Gasteiger partial charge in [-0.2, -0.15) is 0 Å². The van der Waals surface area contributed by atoms with Gasteiger partial charge in [0.2, 0.25) is 0 Å². The lowest BCUT2D eigenvalue weighted by atomic mass is 10.1. The molecule has 0 bridgehead atoms. The second-order valence-corrected chi connectivity index (χ2v) is 30.2. The smallest absolute Gasteiger partial charge is 0.462 e. The number of hydrogen-bond donors (Lipinski definition) is 3. The number of phosphoric ester groups is 2. The first-order chi connectivity index (χ1) is 50.7. The fourth-order valence-corrected chi connectivity index (χ4v) is 12.6. The highest BCUT2D eigenvalue weighted by Crippen LogP contribution is 2.45. The summed E-state index contributed by atoms with van der Waals surface area (Å²) in [5.74, 6) is -2.19. The molecule has 0 saturated carbocycles. The van der Waals surface area contributed by atoms with Gasteiger partial charge in [-0.15, -0.1) is 0 Å². The molecule has 0 aromatic rings. The van der Waals surface area contributed by atoms with E-state index in [0.29, 0.717) is 25.7 Å². The number of aliphatic hydroxyl groups excluding tert-OH is 1. The van der Waals surface area contributed by atoms with Gasteiger partial charge in [0.1, 0.15) is 19.3 Å². The van der Waals surface area contributed by atoms with Crippen molar-refractivity contribution in [1.29, 1.82) is 0 Å². The molecule has 5 unspecified atom stereocenters. The molecule has 0 saturated heterocycles. The summed E-state index contributed by atoms with van der Waals surface area (Å²) >= 11 is 0. The fourth-order valence-electron chi connectivity index (χ4n) is 11.0. The minimum absolute atomic E-state index is 0.0809. The number of unbranched alkanes of at least 4 members (excludes halogenated alkanes) is 33. The normalized spacial score (nSPS) is 14.4. The third-order valence-electron chi connectivity index (χ3n) is 17.2. The quantitative estimate of drug-likeness (QED) is 0.0169. The van der Waals surface area contributed by atoms with E-state index in [4.69, 9.17) is 37.0 Å². The standard InChI is InChI=1S/C85H148O17P2/c1-5-9-13-17-21-25-29-32-35-38-39-42-44-47-51-54-58-62-66-70-82(87)95-75-80(101-84(89)71-67-63-59-55-49-28-24-20-16-12-8-4)77-99-103(91,92)97-73-79(86)74-98-104(93,94)100-78-81(102-85(90)72-68-64-60-56-52-48-45-41-37-34-31-27-23-19-15-11-7-3)76-96-83(88)69-65-61-57-53-50-46-43-40-36-33-30-26-22-18-14-10-6-2/h10-11,14-15,21-23,25-27,32-37,39,42,79-81,86H,5-9,12-13,16-20,24,28-31,38,40-41,43-78H2,1-4H3,(H,91,92)(H,93,94)/b14-10-,15-11-,25-21-,26-22-,27-23-,35-32-,36-33-,37-34-,42-39-. The van der Waals surface area contributed by atoms with E-state index in [-0.39, 0.29) is 25.7 Å². The second kappa shape index (κ2) is 76.9. The lowest BCUT2D eigenvalue weighted by Crippen LogP contribution is -2.30. The maximum Gasteiger partial charge on any atom is 0.472 e. The van der Waals surface area contributed by atoms with E-state index in [9.17, 15) is 43.2 Å². The van der Waals surface area contributed by atoms with Crippen LogP contribution < -0.4 is 0 Å². The van der Waals surface area contributed by atoms with Gasteiger partial charge < -0.3 is 33.8 Å². The van der Waals surface area contributed by atoms with E-state index in [1.807, 2.05) is 0 Å². The van der Waals surface area contributed by atoms with Crippen LogP contribution in [0.1, 0.15) is 349 Å². The predicted octanol–water partition coefficient (Wildman–Crippen LogP) is 24.1. The van der Waals surface area contributed by atoms with Crippen LogP contribution in [0.3, 0.4) is 0 Å². The Labute approximate surface area is 632 Å². The van der Waals surface area contributed by atoms with Crippen molar-refractivity contribution in [2.24, 2.45) is 0 Å². The van der Waals surface area contributed by atoms with Gasteiger partial charge in [-0.1, -0.05) is 304 Å². The van der Waals surface area contributed by atoms with E-state index in [0.717, 1.165) is 212 Å². The number of phosphoric acid groups is 2. The van der Waals surface area contributed by atoms with E-state index < -0.39 is 97.5 Å². The van der Waals surface area contributed by atoms with Crippen LogP contribution in [0.4, 0.5) is 0 Å². The Hall–Kier alpha value is -4.28. The zero-order valence-electron chi connectivity index (χ0n) is 65.7. The predicted molar refractivity (Wildman–Crippen MR) is 427 cm³/mol. The molecule has 17 nitrogen and oxygen atoms in total. The van der Waals surface area contributed by atoms with Crippen LogP contribution in [-0.2, 0) is 65.4 Å². The maximum atomic E-state index is 13.1. The van der Waals surface area contributed by atoms with Crippen molar-refractivity contribution in [2.75, 3.05) is 39.6 Å². The zero-order chi connectivity index (χ0) is 76.0. The molecule has 0 rings (SSSR count). The van der Waals surface area contributed by atoms with Gasteiger partial charge in [0.05, 0.1) is 26.4 Å². The molecule has 0 amide bonds. The molecule has 600 valence electrons. The highest BCUT2D eigenvalue weighted by atomic mass is 31.2. The Morgan fingerprint density at radius 2 is 0.500 bits per heavy atom. The first-order valence-corrected chi connectivity index (χ1v) is 44.1. The van der Waals surface area contributed by atoms with E-state index in [1.54, 1.807) is 0 Å². The summed E-state index contributed by atoms with van der Waals surface area (Å²) in [4.78, 5) is 73.1. The third kappa shape index (κ3) is 75.9. The molecular formula is C85H148O17P2. The molecule has 104 heavy (non-hydrogen) atoms. The van der Waals surface area contributed by atoms with Crippen molar-refractivity contribution >= 4 is 39.5 Å². The lowest BCUT2D eigenvalue weighted by Gasteiger charge is -2.21. The molecule has 0 heterocycles. The number of esters is 4. The van der Waals surface area contributed by atoms with Gasteiger partial charge in [-0.3, -0.25) is 37.3 Å². The van der Waals surface area contributed by atoms with Gasteiger partial charge >= 0.3 is 39.5 Å². The Morgan fingerprint density at radius 1 is 0.279 bits per heavy atom. The van der Waals surface area contributed by atoms with Gasteiger partial charge in [0.15, 0.2) is 12.2 Å². The van der Waals surface area contributed by atoms with Crippen molar-refractivity contribution < 1.29 is 80.2 Å². The molecule has 0 aromatic carbocycles. The summed E-state index contributed by atoms with van der Waals surface area (Å²) in [6.45, 7) is 4.63. The third-order valence-corrected chi connectivity index (χ3v) is 19.1. The average molecular weight is 1500 g/mol. The summed E-state index contributed by atoms with van der Waals surface area (Å²) < 4.78 is 68.7. The number of ether oxygens (including phenoxy) is 4. The largest absolute Gasteiger partial charge is 0.472 e. The van der Waals surface area contributed by atoms with Gasteiger partial charge in [0.25, 0.3) is 0 Å². The summed E-state index contributed by atoms with van der Waals surface area (Å²) in [5.41, 5.74) is 0. The first kappa shape index (κ1) is 99.7. The minimum Gasteiger partial charge on any atom is -0.462 e. The van der Waals surface area contributed by atoms with Crippen LogP contribution in [-0.4, -0.2) is 96.7 Å². The summed E-state index contributed by atoms with van der Waals surface area (Å²) in [5, 5.41) is 10.6. The number of allylic oxidation sites excluding steroid dienone is 18. The topological polar surface area (TPSA) is 237 Å². The SMILES string of the molecule is CC/C=C\C/C=C\C/C=C\CCCCCCCCCC(=O)OCC(COP(=O)(O)OCC(O)COP(=O)(O)OCC(COC(=O)CCCCCCCC/C=C\C/C=C\C/C=C\CCCCC)OC(=O)CCCCCCCCCCCCC)OC(=O)CCCCCCCCC/C=C\C/C=C\C/C=C\CC. The molecule has 0 aliphatic rings. The van der Waals surface area contributed by atoms with E-state index in [2.05, 4.69) is 137 Å². The van der Waals surface area contributed by atoms with Crippen molar-refractivity contribution in [3.05, 3.63) is 109 Å². The monoisotopic (exact) mass is 1500 g/mol. The highest BCUT2D eigenvalue weighted by molar-refractivity contribution is 7.47. The van der Waals surface area contributed by atoms with Crippen LogP contribution in [0.5, 0.6) is 0 Å². The molecule has 0 spiro atoms. The molecule has 0 aromatic heterocycles. The number of carbonyl (C=O) groups excluding carboxylic acids is 4. The molecule has 0 radical (unpaired) electrons. The van der Waals surface area contributed by atoms with E-state index in [1.165, 1.54) is 57.8 Å². The molecule has 0 fully saturated rings. The Kier molecular flexibility index (Phi) is 73.7. The first-order valence-electron chi connectivity index (χ1n) is 41.1. The minimum atomic E-state index is -4.98. The lowest BCUT2D eigenvalue weighted by molar-refractivity contribution is -0.161. The molecule has 19 heteroatoms. The van der Waals surface area contributed by atoms with Crippen LogP contribution in [0.25, 0.3) is 0 Å². The van der Waals surface area contributed by atoms with E-state index >= 15 is 0 Å². The van der Waals surface area contributed by atoms with Crippen LogP contribution in [0.15, 0.2) is 109 Å². The number of aliphatic hydroxyl groups is 1. The number of hydrogen-bond acceptors (Lipinski definition) is 15. The molecule has 0 aliphatic carbocycles. The molecule has 3 N–H and O–H groups in total. The van der Waals surface area contributed by atoms with Crippen molar-refractivity contribution in [3.63, 3.8) is 0 Å². The summed E-state index contributed by atoms with van der Waals surface area (Å²) in [7, 11) is -9.96. The van der Waals surface area contributed by atoms with Crippen LogP contribution in [0, 0.1) is 0 Å². The Bertz CT molecular complexity index is 2390. The Balaban J connectivity index is 5.33. The Morgan fingerprint density at radius 3 is 0.788 bits per heavy atom. The maximum absolute atomic E-state index is 13.1. The average Bonchev–Trinajstić information content (AvgIpc) is 0.930. The number of carbonyl (C=O) groups is 4. The van der Waals surface area contributed by atoms with Gasteiger partial charge in [-0.25, -0.2) is 9.13 Å². The highest BCUT2D eigenvalue weighted by Gasteiger charge is 2.30. The van der Waals surface area contributed by atoms with Crippen molar-refractivity contribution in [1.82, 2.24) is 0 Å². The fraction of sp³-hybridized carbons (Fsp3) is 0.741. The van der Waals surface area contributed by atoms with Gasteiger partial charge in [0, 0.05) is 25.7 Å².